The summed E-state index contributed by atoms with van der Waals surface area (Å²) >= 11 is 0. The maximum absolute atomic E-state index is 13.0. The summed E-state index contributed by atoms with van der Waals surface area (Å²) < 4.78 is 32.1. The predicted molar refractivity (Wildman–Crippen MR) is 126 cm³/mol. The molecule has 0 bridgehead atoms. The number of sulfonamides is 1. The highest BCUT2D eigenvalue weighted by molar-refractivity contribution is 7.89. The number of nitrogens with zero attached hydrogens (tertiary/aromatic N) is 2. The van der Waals surface area contributed by atoms with Gasteiger partial charge in [-0.3, -0.25) is 4.79 Å². The van der Waals surface area contributed by atoms with Gasteiger partial charge in [-0.05, 0) is 81.3 Å². The lowest BCUT2D eigenvalue weighted by Gasteiger charge is -2.32. The zero-order chi connectivity index (χ0) is 23.3. The van der Waals surface area contributed by atoms with Crippen molar-refractivity contribution in [2.24, 2.45) is 5.92 Å². The number of likely N-dealkylation sites (tertiary alicyclic amines) is 1. The number of benzene rings is 2. The van der Waals surface area contributed by atoms with Gasteiger partial charge in [0, 0.05) is 31.7 Å². The molecule has 174 valence electrons. The molecule has 0 aromatic heterocycles. The summed E-state index contributed by atoms with van der Waals surface area (Å²) in [6.07, 6.45) is 4.06. The molecule has 32 heavy (non-hydrogen) atoms. The Balaban J connectivity index is 1.57. The van der Waals surface area contributed by atoms with Gasteiger partial charge in [-0.2, -0.15) is 4.31 Å². The van der Waals surface area contributed by atoms with Crippen LogP contribution in [0, 0.1) is 5.92 Å². The normalized spacial score (nSPS) is 15.4. The Hall–Kier alpha value is -2.38. The Morgan fingerprint density at radius 2 is 1.78 bits per heavy atom. The topological polar surface area (TPSA) is 66.9 Å². The van der Waals surface area contributed by atoms with Gasteiger partial charge in [0.1, 0.15) is 5.75 Å². The third kappa shape index (κ3) is 5.70. The summed E-state index contributed by atoms with van der Waals surface area (Å²) in [6.45, 7) is 5.06. The van der Waals surface area contributed by atoms with E-state index in [1.165, 1.54) is 15.9 Å². The van der Waals surface area contributed by atoms with E-state index < -0.39 is 10.0 Å². The first-order chi connectivity index (χ1) is 15.2. The highest BCUT2D eigenvalue weighted by atomic mass is 32.2. The second kappa shape index (κ2) is 10.5. The van der Waals surface area contributed by atoms with E-state index in [9.17, 15) is 13.2 Å². The van der Waals surface area contributed by atoms with Gasteiger partial charge in [-0.25, -0.2) is 8.42 Å². The molecule has 0 spiro atoms. The number of piperidine rings is 1. The molecule has 0 unspecified atom stereocenters. The van der Waals surface area contributed by atoms with E-state index >= 15 is 0 Å². The van der Waals surface area contributed by atoms with E-state index in [2.05, 4.69) is 12.1 Å². The number of carbonyl (C=O) groups is 1. The van der Waals surface area contributed by atoms with E-state index in [1.807, 2.05) is 30.9 Å². The molecule has 1 fully saturated rings. The minimum atomic E-state index is -3.62. The number of ether oxygens (including phenoxy) is 1. The van der Waals surface area contributed by atoms with Crippen LogP contribution in [0.4, 0.5) is 0 Å². The predicted octanol–water partition coefficient (Wildman–Crippen LogP) is 4.21. The zero-order valence-electron chi connectivity index (χ0n) is 19.5. The van der Waals surface area contributed by atoms with E-state index in [0.29, 0.717) is 24.6 Å². The standard InChI is InChI=1S/C25H34N2O4S/c1-19(2)26(3)32(29,30)24-7-5-6-22(18-24)25(28)27-16-14-21(15-17-27)9-8-20-10-12-23(31-4)13-11-20/h5-7,10-13,18-19,21H,8-9,14-17H2,1-4H3. The number of methoxy groups -OCH3 is 1. The molecule has 0 saturated carbocycles. The maximum atomic E-state index is 13.0. The van der Waals surface area contributed by atoms with Crippen LogP contribution in [-0.2, 0) is 16.4 Å². The summed E-state index contributed by atoms with van der Waals surface area (Å²) in [5.41, 5.74) is 1.73. The van der Waals surface area contributed by atoms with E-state index in [1.54, 1.807) is 32.4 Å². The fourth-order valence-electron chi connectivity index (χ4n) is 4.00. The van der Waals surface area contributed by atoms with Crippen LogP contribution in [-0.4, -0.2) is 56.8 Å². The molecule has 1 heterocycles. The van der Waals surface area contributed by atoms with Gasteiger partial charge in [-0.1, -0.05) is 18.2 Å². The van der Waals surface area contributed by atoms with Crippen LogP contribution in [0.5, 0.6) is 5.75 Å². The van der Waals surface area contributed by atoms with E-state index in [-0.39, 0.29) is 16.8 Å². The van der Waals surface area contributed by atoms with Gasteiger partial charge in [0.05, 0.1) is 12.0 Å². The number of aryl methyl sites for hydroxylation is 1. The molecular weight excluding hydrogens is 424 g/mol. The molecule has 6 nitrogen and oxygen atoms in total. The van der Waals surface area contributed by atoms with E-state index in [0.717, 1.165) is 31.4 Å². The SMILES string of the molecule is COc1ccc(CCC2CCN(C(=O)c3cccc(S(=O)(=O)N(C)C(C)C)c3)CC2)cc1. The number of rotatable bonds is 8. The molecule has 3 rings (SSSR count). The molecule has 1 aliphatic rings. The van der Waals surface area contributed by atoms with Gasteiger partial charge in [0.15, 0.2) is 0 Å². The third-order valence-corrected chi connectivity index (χ3v) is 8.42. The number of hydrogen-bond acceptors (Lipinski definition) is 4. The van der Waals surface area contributed by atoms with Crippen molar-refractivity contribution in [2.75, 3.05) is 27.2 Å². The largest absolute Gasteiger partial charge is 0.497 e. The molecule has 1 saturated heterocycles. The molecule has 1 aliphatic heterocycles. The van der Waals surface area contributed by atoms with Gasteiger partial charge < -0.3 is 9.64 Å². The lowest BCUT2D eigenvalue weighted by molar-refractivity contribution is 0.0686. The van der Waals surface area contributed by atoms with Crippen molar-refractivity contribution >= 4 is 15.9 Å². The molecule has 0 radical (unpaired) electrons. The summed E-state index contributed by atoms with van der Waals surface area (Å²) in [7, 11) is -0.387. The second-order valence-corrected chi connectivity index (χ2v) is 10.8. The Bertz CT molecular complexity index is 1010. The Labute approximate surface area is 192 Å². The summed E-state index contributed by atoms with van der Waals surface area (Å²) in [6, 6.07) is 14.4. The fraction of sp³-hybridized carbons (Fsp3) is 0.480. The Kier molecular flexibility index (Phi) is 7.96. The summed E-state index contributed by atoms with van der Waals surface area (Å²) in [4.78, 5) is 15.0. The van der Waals surface area contributed by atoms with Crippen LogP contribution in [0.3, 0.4) is 0 Å². The molecular formula is C25H34N2O4S. The molecule has 1 amide bonds. The lowest BCUT2D eigenvalue weighted by atomic mass is 9.90. The number of amides is 1. The maximum Gasteiger partial charge on any atom is 0.253 e. The second-order valence-electron chi connectivity index (χ2n) is 8.77. The lowest BCUT2D eigenvalue weighted by Crippen LogP contribution is -2.38. The highest BCUT2D eigenvalue weighted by Gasteiger charge is 2.27. The Morgan fingerprint density at radius 3 is 2.38 bits per heavy atom. The minimum absolute atomic E-state index is 0.0946. The van der Waals surface area contributed by atoms with Crippen molar-refractivity contribution in [1.29, 1.82) is 0 Å². The van der Waals surface area contributed by atoms with Gasteiger partial charge >= 0.3 is 0 Å². The smallest absolute Gasteiger partial charge is 0.253 e. The molecule has 0 aliphatic carbocycles. The van der Waals surface area contributed by atoms with Crippen molar-refractivity contribution in [3.8, 4) is 5.75 Å². The monoisotopic (exact) mass is 458 g/mol. The van der Waals surface area contributed by atoms with Crippen molar-refractivity contribution in [1.82, 2.24) is 9.21 Å². The van der Waals surface area contributed by atoms with E-state index in [4.69, 9.17) is 4.74 Å². The van der Waals surface area contributed by atoms with Gasteiger partial charge in [0.25, 0.3) is 5.91 Å². The van der Waals surface area contributed by atoms with Gasteiger partial charge in [-0.15, -0.1) is 0 Å². The minimum Gasteiger partial charge on any atom is -0.497 e. The first-order valence-electron chi connectivity index (χ1n) is 11.2. The van der Waals surface area contributed by atoms with Crippen LogP contribution in [0.2, 0.25) is 0 Å². The molecule has 2 aromatic carbocycles. The zero-order valence-corrected chi connectivity index (χ0v) is 20.3. The summed E-state index contributed by atoms with van der Waals surface area (Å²) in [5.74, 6) is 1.36. The first-order valence-corrected chi connectivity index (χ1v) is 12.7. The van der Waals surface area contributed by atoms with Gasteiger partial charge in [0.2, 0.25) is 10.0 Å². The average Bonchev–Trinajstić information content (AvgIpc) is 2.82. The average molecular weight is 459 g/mol. The molecule has 2 aromatic rings. The quantitative estimate of drug-likeness (QED) is 0.594. The number of carbonyl (C=O) groups excluding carboxylic acids is 1. The van der Waals surface area contributed by atoms with Crippen LogP contribution in [0.25, 0.3) is 0 Å². The van der Waals surface area contributed by atoms with Crippen LogP contribution in [0.15, 0.2) is 53.4 Å². The van der Waals surface area contributed by atoms with Crippen molar-refractivity contribution in [2.45, 2.75) is 50.5 Å². The molecule has 0 atom stereocenters. The Morgan fingerprint density at radius 1 is 1.12 bits per heavy atom. The fourth-order valence-corrected chi connectivity index (χ4v) is 5.42. The van der Waals surface area contributed by atoms with Crippen molar-refractivity contribution in [3.05, 3.63) is 59.7 Å². The van der Waals surface area contributed by atoms with Crippen molar-refractivity contribution in [3.63, 3.8) is 0 Å². The van der Waals surface area contributed by atoms with Crippen molar-refractivity contribution < 1.29 is 17.9 Å². The first kappa shape index (κ1) is 24.3. The van der Waals surface area contributed by atoms with Crippen LogP contribution < -0.4 is 4.74 Å². The third-order valence-electron chi connectivity index (χ3n) is 6.39. The molecule has 0 N–H and O–H groups in total. The summed E-state index contributed by atoms with van der Waals surface area (Å²) in [5, 5.41) is 0. The highest BCUT2D eigenvalue weighted by Crippen LogP contribution is 2.25. The number of hydrogen-bond donors (Lipinski definition) is 0. The van der Waals surface area contributed by atoms with Crippen LogP contribution in [0.1, 0.15) is 49.0 Å². The molecule has 7 heteroatoms. The van der Waals surface area contributed by atoms with Crippen LogP contribution >= 0.6 is 0 Å².